The molecule has 0 aliphatic heterocycles. The van der Waals surface area contributed by atoms with Crippen LogP contribution in [-0.4, -0.2) is 27.3 Å². The molecule has 0 aliphatic rings. The molecule has 0 spiro atoms. The van der Waals surface area contributed by atoms with Gasteiger partial charge in [0.1, 0.15) is 0 Å². The number of hydrogen-bond donors (Lipinski definition) is 3. The third-order valence-electron chi connectivity index (χ3n) is 3.00. The van der Waals surface area contributed by atoms with E-state index in [4.69, 9.17) is 14.9 Å². The van der Waals surface area contributed by atoms with E-state index >= 15 is 0 Å². The lowest BCUT2D eigenvalue weighted by molar-refractivity contribution is -0.112. The van der Waals surface area contributed by atoms with E-state index < -0.39 is 18.2 Å². The van der Waals surface area contributed by atoms with Gasteiger partial charge in [0.2, 0.25) is 0 Å². The van der Waals surface area contributed by atoms with E-state index in [0.717, 1.165) is 0 Å². The van der Waals surface area contributed by atoms with E-state index in [1.165, 1.54) is 30.3 Å². The molecule has 2 rings (SSSR count). The van der Waals surface area contributed by atoms with Crippen LogP contribution < -0.4 is 0 Å². The lowest BCUT2D eigenvalue weighted by Crippen LogP contribution is -2.06. The Labute approximate surface area is 126 Å². The fourth-order valence-electron chi connectivity index (χ4n) is 1.89. The molecular formula is C16H14O6. The van der Waals surface area contributed by atoms with Crippen LogP contribution in [-0.2, 0) is 11.3 Å². The molecule has 0 heterocycles. The molecule has 0 aromatic heterocycles. The van der Waals surface area contributed by atoms with Gasteiger partial charge < -0.3 is 20.1 Å². The third-order valence-corrected chi connectivity index (χ3v) is 3.00. The maximum absolute atomic E-state index is 10.9. The molecule has 114 valence electrons. The van der Waals surface area contributed by atoms with Crippen LogP contribution in [0.15, 0.2) is 48.5 Å². The molecule has 0 aliphatic carbocycles. The number of rotatable bonds is 6. The number of aliphatic hydroxyl groups is 1. The normalized spacial score (nSPS) is 11.9. The zero-order chi connectivity index (χ0) is 16.1. The molecular weight excluding hydrogens is 288 g/mol. The summed E-state index contributed by atoms with van der Waals surface area (Å²) in [5, 5.41) is 27.7. The van der Waals surface area contributed by atoms with Crippen LogP contribution in [0.5, 0.6) is 0 Å². The molecule has 2 aromatic carbocycles. The third kappa shape index (κ3) is 3.91. The van der Waals surface area contributed by atoms with Crippen molar-refractivity contribution in [2.24, 2.45) is 0 Å². The fourth-order valence-corrected chi connectivity index (χ4v) is 1.89. The van der Waals surface area contributed by atoms with E-state index in [2.05, 4.69) is 0 Å². The summed E-state index contributed by atoms with van der Waals surface area (Å²) < 4.78 is 5.25. The van der Waals surface area contributed by atoms with E-state index in [9.17, 15) is 14.7 Å². The molecule has 22 heavy (non-hydrogen) atoms. The molecule has 0 saturated heterocycles. The van der Waals surface area contributed by atoms with Gasteiger partial charge in [-0.3, -0.25) is 0 Å². The summed E-state index contributed by atoms with van der Waals surface area (Å²) in [5.74, 6) is -2.14. The molecule has 0 amide bonds. The number of aliphatic hydroxyl groups excluding tert-OH is 1. The van der Waals surface area contributed by atoms with Crippen molar-refractivity contribution in [1.29, 1.82) is 0 Å². The molecule has 3 N–H and O–H groups in total. The first-order valence-electron chi connectivity index (χ1n) is 6.42. The first-order chi connectivity index (χ1) is 10.5. The van der Waals surface area contributed by atoms with Crippen molar-refractivity contribution in [2.75, 3.05) is 0 Å². The minimum atomic E-state index is -1.30. The maximum Gasteiger partial charge on any atom is 0.335 e. The minimum absolute atomic E-state index is 0.000411. The number of carboxylic acids is 2. The van der Waals surface area contributed by atoms with Crippen LogP contribution in [0.2, 0.25) is 0 Å². The number of carbonyl (C=O) groups is 2. The molecule has 1 atom stereocenters. The Balaban J connectivity index is 2.05. The summed E-state index contributed by atoms with van der Waals surface area (Å²) in [4.78, 5) is 21.7. The molecule has 2 aromatic rings. The lowest BCUT2D eigenvalue weighted by Gasteiger charge is -2.13. The summed E-state index contributed by atoms with van der Waals surface area (Å²) in [6.07, 6.45) is -1.30. The Bertz CT molecular complexity index is 695. The van der Waals surface area contributed by atoms with Gasteiger partial charge in [0.15, 0.2) is 6.29 Å². The highest BCUT2D eigenvalue weighted by atomic mass is 16.6. The van der Waals surface area contributed by atoms with Crippen molar-refractivity contribution in [2.45, 2.75) is 12.9 Å². The summed E-state index contributed by atoms with van der Waals surface area (Å²) in [7, 11) is 0. The van der Waals surface area contributed by atoms with Gasteiger partial charge in [-0.25, -0.2) is 9.59 Å². The quantitative estimate of drug-likeness (QED) is 0.707. The van der Waals surface area contributed by atoms with E-state index in [1.807, 2.05) is 0 Å². The van der Waals surface area contributed by atoms with Gasteiger partial charge in [0, 0.05) is 5.56 Å². The number of carboxylic acid groups (broad SMARTS) is 2. The van der Waals surface area contributed by atoms with E-state index in [-0.39, 0.29) is 17.7 Å². The van der Waals surface area contributed by atoms with Crippen molar-refractivity contribution in [3.63, 3.8) is 0 Å². The fraction of sp³-hybridized carbons (Fsp3) is 0.125. The summed E-state index contributed by atoms with van der Waals surface area (Å²) >= 11 is 0. The lowest BCUT2D eigenvalue weighted by atomic mass is 10.1. The highest BCUT2D eigenvalue weighted by Gasteiger charge is 2.11. The molecule has 6 nitrogen and oxygen atoms in total. The Morgan fingerprint density at radius 3 is 2.18 bits per heavy atom. The van der Waals surface area contributed by atoms with Crippen LogP contribution in [0.4, 0.5) is 0 Å². The average Bonchev–Trinajstić information content (AvgIpc) is 2.53. The molecule has 6 heteroatoms. The van der Waals surface area contributed by atoms with Crippen molar-refractivity contribution >= 4 is 11.9 Å². The monoisotopic (exact) mass is 302 g/mol. The zero-order valence-corrected chi connectivity index (χ0v) is 11.5. The second kappa shape index (κ2) is 6.84. The first kappa shape index (κ1) is 15.7. The largest absolute Gasteiger partial charge is 0.478 e. The number of ether oxygens (including phenoxy) is 1. The van der Waals surface area contributed by atoms with Crippen LogP contribution in [0.3, 0.4) is 0 Å². The molecule has 0 saturated carbocycles. The molecule has 0 fully saturated rings. The van der Waals surface area contributed by atoms with Gasteiger partial charge in [0.05, 0.1) is 17.7 Å². The van der Waals surface area contributed by atoms with E-state index in [1.54, 1.807) is 18.2 Å². The highest BCUT2D eigenvalue weighted by molar-refractivity contribution is 5.88. The van der Waals surface area contributed by atoms with Crippen LogP contribution >= 0.6 is 0 Å². The highest BCUT2D eigenvalue weighted by Crippen LogP contribution is 2.18. The van der Waals surface area contributed by atoms with Crippen molar-refractivity contribution in [1.82, 2.24) is 0 Å². The molecule has 0 radical (unpaired) electrons. The number of hydrogen-bond acceptors (Lipinski definition) is 4. The predicted molar refractivity (Wildman–Crippen MR) is 76.6 cm³/mol. The smallest absolute Gasteiger partial charge is 0.335 e. The second-order valence-electron chi connectivity index (χ2n) is 4.60. The zero-order valence-electron chi connectivity index (χ0n) is 11.5. The Kier molecular flexibility index (Phi) is 4.88. The Morgan fingerprint density at radius 2 is 1.55 bits per heavy atom. The van der Waals surface area contributed by atoms with Gasteiger partial charge >= 0.3 is 11.9 Å². The molecule has 0 bridgehead atoms. The predicted octanol–water partition coefficient (Wildman–Crippen LogP) is 2.29. The molecule has 1 unspecified atom stereocenters. The van der Waals surface area contributed by atoms with Crippen molar-refractivity contribution < 1.29 is 29.6 Å². The Morgan fingerprint density at radius 1 is 0.955 bits per heavy atom. The summed E-state index contributed by atoms with van der Waals surface area (Å²) in [6, 6.07) is 11.9. The minimum Gasteiger partial charge on any atom is -0.478 e. The maximum atomic E-state index is 10.9. The summed E-state index contributed by atoms with van der Waals surface area (Å²) in [5.41, 5.74) is 1.08. The van der Waals surface area contributed by atoms with Crippen LogP contribution in [0.1, 0.15) is 38.1 Å². The average molecular weight is 302 g/mol. The van der Waals surface area contributed by atoms with Crippen LogP contribution in [0, 0.1) is 0 Å². The van der Waals surface area contributed by atoms with Crippen LogP contribution in [0.25, 0.3) is 0 Å². The number of aromatic carboxylic acids is 2. The topological polar surface area (TPSA) is 104 Å². The van der Waals surface area contributed by atoms with Gasteiger partial charge in [-0.2, -0.15) is 0 Å². The first-order valence-corrected chi connectivity index (χ1v) is 6.42. The second-order valence-corrected chi connectivity index (χ2v) is 4.60. The van der Waals surface area contributed by atoms with Gasteiger partial charge in [0.25, 0.3) is 0 Å². The van der Waals surface area contributed by atoms with Crippen molar-refractivity contribution in [3.8, 4) is 0 Å². The number of benzene rings is 2. The summed E-state index contributed by atoms with van der Waals surface area (Å²) in [6.45, 7) is -0.000411. The Hall–Kier alpha value is -2.70. The van der Waals surface area contributed by atoms with Gasteiger partial charge in [-0.15, -0.1) is 0 Å². The SMILES string of the molecule is O=C(O)c1cccc(COC(O)c2cccc(C(=O)O)c2)c1. The van der Waals surface area contributed by atoms with Gasteiger partial charge in [-0.05, 0) is 29.8 Å². The van der Waals surface area contributed by atoms with Gasteiger partial charge in [-0.1, -0.05) is 24.3 Å². The van der Waals surface area contributed by atoms with Crippen molar-refractivity contribution in [3.05, 3.63) is 70.8 Å². The standard InChI is InChI=1S/C16H14O6/c17-14(18)11-4-1-3-10(7-11)9-22-16(21)13-6-2-5-12(8-13)15(19)20/h1-8,16,21H,9H2,(H,17,18)(H,19,20). The van der Waals surface area contributed by atoms with E-state index in [0.29, 0.717) is 11.1 Å².